The van der Waals surface area contributed by atoms with E-state index in [1.54, 1.807) is 25.1 Å². The van der Waals surface area contributed by atoms with Crippen molar-refractivity contribution in [1.29, 1.82) is 0 Å². The maximum Gasteiger partial charge on any atom is 0.257 e. The maximum absolute atomic E-state index is 11.4. The van der Waals surface area contributed by atoms with E-state index in [4.69, 9.17) is 21.4 Å². The number of aliphatic hydroxyl groups excluding tert-OH is 1. The topological polar surface area (TPSA) is 58.6 Å². The lowest BCUT2D eigenvalue weighted by atomic mass is 10.3. The number of benzene rings is 1. The molecule has 0 radical (unpaired) electrons. The Balaban J connectivity index is 2.33. The summed E-state index contributed by atoms with van der Waals surface area (Å²) in [5.41, 5.74) is 0. The quantitative estimate of drug-likeness (QED) is 0.838. The van der Waals surface area contributed by atoms with Gasteiger partial charge in [0.15, 0.2) is 6.61 Å². The van der Waals surface area contributed by atoms with E-state index in [1.807, 2.05) is 0 Å². The molecule has 0 saturated carbocycles. The van der Waals surface area contributed by atoms with Gasteiger partial charge in [-0.1, -0.05) is 11.6 Å². The van der Waals surface area contributed by atoms with Crippen LogP contribution in [0, 0.1) is 0 Å². The van der Waals surface area contributed by atoms with Gasteiger partial charge in [0, 0.05) is 11.6 Å². The van der Waals surface area contributed by atoms with E-state index in [-0.39, 0.29) is 12.5 Å². The first-order valence-electron chi connectivity index (χ1n) is 5.51. The number of ether oxygens (including phenoxy) is 1. The molecule has 4 nitrogen and oxygen atoms in total. The van der Waals surface area contributed by atoms with Gasteiger partial charge in [0.2, 0.25) is 0 Å². The average Bonchev–Trinajstić information content (AvgIpc) is 2.27. The van der Waals surface area contributed by atoms with Crippen LogP contribution in [0.3, 0.4) is 0 Å². The Hall–Kier alpha value is -0.780. The maximum atomic E-state index is 11.4. The monoisotopic (exact) mass is 335 g/mol. The van der Waals surface area contributed by atoms with Crippen LogP contribution in [0.2, 0.25) is 5.02 Å². The highest BCUT2D eigenvalue weighted by atomic mass is 79.9. The van der Waals surface area contributed by atoms with Crippen LogP contribution in [0.15, 0.2) is 22.7 Å². The SMILES string of the molecule is CC(O)CCNC(=O)COc1ccc(Cl)cc1Br. The van der Waals surface area contributed by atoms with Crippen LogP contribution >= 0.6 is 27.5 Å². The smallest absolute Gasteiger partial charge is 0.257 e. The molecule has 0 saturated heterocycles. The van der Waals surface area contributed by atoms with Crippen molar-refractivity contribution in [3.63, 3.8) is 0 Å². The third-order valence-corrected chi connectivity index (χ3v) is 2.99. The summed E-state index contributed by atoms with van der Waals surface area (Å²) in [6.07, 6.45) is 0.104. The van der Waals surface area contributed by atoms with E-state index in [1.165, 1.54) is 0 Å². The Morgan fingerprint density at radius 1 is 1.61 bits per heavy atom. The van der Waals surface area contributed by atoms with Gasteiger partial charge in [-0.15, -0.1) is 0 Å². The minimum Gasteiger partial charge on any atom is -0.483 e. The van der Waals surface area contributed by atoms with Gasteiger partial charge in [0.05, 0.1) is 10.6 Å². The zero-order chi connectivity index (χ0) is 13.5. The van der Waals surface area contributed by atoms with Gasteiger partial charge in [0.25, 0.3) is 5.91 Å². The van der Waals surface area contributed by atoms with E-state index in [2.05, 4.69) is 21.2 Å². The first-order chi connectivity index (χ1) is 8.49. The lowest BCUT2D eigenvalue weighted by Gasteiger charge is -2.09. The fraction of sp³-hybridized carbons (Fsp3) is 0.417. The van der Waals surface area contributed by atoms with Crippen LogP contribution in [0.1, 0.15) is 13.3 Å². The van der Waals surface area contributed by atoms with Crippen LogP contribution in [0.25, 0.3) is 0 Å². The second-order valence-corrected chi connectivity index (χ2v) is 5.14. The van der Waals surface area contributed by atoms with E-state index >= 15 is 0 Å². The highest BCUT2D eigenvalue weighted by Gasteiger charge is 2.06. The molecule has 0 fully saturated rings. The molecule has 1 amide bonds. The van der Waals surface area contributed by atoms with Crippen molar-refractivity contribution in [2.75, 3.05) is 13.2 Å². The molecule has 1 aromatic rings. The molecule has 1 atom stereocenters. The number of amides is 1. The van der Waals surface area contributed by atoms with Crippen molar-refractivity contribution in [3.8, 4) is 5.75 Å². The van der Waals surface area contributed by atoms with E-state index in [0.29, 0.717) is 28.2 Å². The molecule has 100 valence electrons. The molecule has 1 unspecified atom stereocenters. The van der Waals surface area contributed by atoms with Crippen molar-refractivity contribution in [3.05, 3.63) is 27.7 Å². The molecule has 18 heavy (non-hydrogen) atoms. The highest BCUT2D eigenvalue weighted by Crippen LogP contribution is 2.27. The molecule has 0 bridgehead atoms. The molecule has 1 rings (SSSR count). The molecule has 2 N–H and O–H groups in total. The molecule has 0 aliphatic rings. The fourth-order valence-electron chi connectivity index (χ4n) is 1.21. The molecular formula is C12H15BrClNO3. The number of rotatable bonds is 6. The summed E-state index contributed by atoms with van der Waals surface area (Å²) in [6.45, 7) is 2.04. The van der Waals surface area contributed by atoms with Gasteiger partial charge in [-0.3, -0.25) is 4.79 Å². The zero-order valence-corrected chi connectivity index (χ0v) is 12.3. The Kier molecular flexibility index (Phi) is 6.46. The third kappa shape index (κ3) is 5.71. The van der Waals surface area contributed by atoms with E-state index < -0.39 is 6.10 Å². The highest BCUT2D eigenvalue weighted by molar-refractivity contribution is 9.10. The molecule has 0 spiro atoms. The number of hydrogen-bond donors (Lipinski definition) is 2. The zero-order valence-electron chi connectivity index (χ0n) is 9.95. The molecule has 0 aliphatic heterocycles. The summed E-state index contributed by atoms with van der Waals surface area (Å²) in [6, 6.07) is 5.07. The number of carbonyl (C=O) groups is 1. The summed E-state index contributed by atoms with van der Waals surface area (Å²) in [4.78, 5) is 11.4. The van der Waals surface area contributed by atoms with Gasteiger partial charge >= 0.3 is 0 Å². The largest absolute Gasteiger partial charge is 0.483 e. The first-order valence-corrected chi connectivity index (χ1v) is 6.68. The van der Waals surface area contributed by atoms with Crippen LogP contribution in [0.4, 0.5) is 0 Å². The molecule has 0 heterocycles. The van der Waals surface area contributed by atoms with Crippen molar-refractivity contribution >= 4 is 33.4 Å². The second kappa shape index (κ2) is 7.61. The van der Waals surface area contributed by atoms with Gasteiger partial charge in [-0.25, -0.2) is 0 Å². The molecule has 0 aromatic heterocycles. The Labute approximate surface area is 119 Å². The van der Waals surface area contributed by atoms with Crippen LogP contribution < -0.4 is 10.1 Å². The number of hydrogen-bond acceptors (Lipinski definition) is 3. The lowest BCUT2D eigenvalue weighted by molar-refractivity contribution is -0.123. The lowest BCUT2D eigenvalue weighted by Crippen LogP contribution is -2.31. The second-order valence-electron chi connectivity index (χ2n) is 3.85. The number of nitrogens with one attached hydrogen (secondary N) is 1. The standard InChI is InChI=1S/C12H15BrClNO3/c1-8(16)4-5-15-12(17)7-18-11-3-2-9(14)6-10(11)13/h2-3,6,8,16H,4-5,7H2,1H3,(H,15,17). The molecule has 1 aromatic carbocycles. The van der Waals surface area contributed by atoms with Gasteiger partial charge < -0.3 is 15.2 Å². The van der Waals surface area contributed by atoms with Crippen molar-refractivity contribution in [1.82, 2.24) is 5.32 Å². The van der Waals surface area contributed by atoms with E-state index in [0.717, 1.165) is 0 Å². The minimum atomic E-state index is -0.420. The van der Waals surface area contributed by atoms with Crippen molar-refractivity contribution < 1.29 is 14.6 Å². The van der Waals surface area contributed by atoms with Crippen LogP contribution in [0.5, 0.6) is 5.75 Å². The van der Waals surface area contributed by atoms with Gasteiger partial charge in [-0.05, 0) is 47.5 Å². The summed E-state index contributed by atoms with van der Waals surface area (Å²) in [7, 11) is 0. The molecular weight excluding hydrogens is 321 g/mol. The van der Waals surface area contributed by atoms with Crippen molar-refractivity contribution in [2.45, 2.75) is 19.4 Å². The molecule has 6 heteroatoms. The minimum absolute atomic E-state index is 0.0694. The number of halogens is 2. The normalized spacial score (nSPS) is 12.0. The molecule has 0 aliphatic carbocycles. The van der Waals surface area contributed by atoms with Crippen molar-refractivity contribution in [2.24, 2.45) is 0 Å². The Bertz CT molecular complexity index is 412. The predicted molar refractivity (Wildman–Crippen MR) is 74.0 cm³/mol. The van der Waals surface area contributed by atoms with E-state index in [9.17, 15) is 4.79 Å². The van der Waals surface area contributed by atoms with Gasteiger partial charge in [0.1, 0.15) is 5.75 Å². The average molecular weight is 337 g/mol. The summed E-state index contributed by atoms with van der Waals surface area (Å²) in [5, 5.41) is 12.3. The summed E-state index contributed by atoms with van der Waals surface area (Å²) >= 11 is 9.08. The number of aliphatic hydroxyl groups is 1. The Morgan fingerprint density at radius 2 is 2.33 bits per heavy atom. The van der Waals surface area contributed by atoms with Crippen LogP contribution in [-0.2, 0) is 4.79 Å². The first kappa shape index (κ1) is 15.3. The van der Waals surface area contributed by atoms with Gasteiger partial charge in [-0.2, -0.15) is 0 Å². The fourth-order valence-corrected chi connectivity index (χ4v) is 2.00. The predicted octanol–water partition coefficient (Wildman–Crippen LogP) is 2.37. The summed E-state index contributed by atoms with van der Waals surface area (Å²) < 4.78 is 6.03. The Morgan fingerprint density at radius 3 is 2.94 bits per heavy atom. The summed E-state index contributed by atoms with van der Waals surface area (Å²) in [5.74, 6) is 0.336. The number of carbonyl (C=O) groups excluding carboxylic acids is 1. The third-order valence-electron chi connectivity index (χ3n) is 2.14. The van der Waals surface area contributed by atoms with Crippen LogP contribution in [-0.4, -0.2) is 30.3 Å².